The number of halogens is 3. The minimum atomic E-state index is -0.792. The molecule has 0 unspecified atom stereocenters. The largest absolute Gasteiger partial charge is 0.485 e. The SMILES string of the molecule is C[N+](C)(C)C[C@H](O)COc1c(F)cc(Br)cc1F. The third-order valence-electron chi connectivity index (χ3n) is 2.14. The standard InChI is InChI=1S/C12H17BrF2NO2/c1-16(2,3)6-9(17)7-18-12-10(14)4-8(13)5-11(12)15/h4-5,9,17H,6-7H2,1-3H3/q+1/t9-/m0/s1. The molecular formula is C12H17BrF2NO2+. The van der Waals surface area contributed by atoms with Crippen LogP contribution in [0.15, 0.2) is 16.6 Å². The average molecular weight is 325 g/mol. The van der Waals surface area contributed by atoms with Gasteiger partial charge in [0.1, 0.15) is 19.3 Å². The number of likely N-dealkylation sites (N-methyl/N-ethyl adjacent to an activating group) is 1. The zero-order chi connectivity index (χ0) is 13.9. The molecule has 0 bridgehead atoms. The van der Waals surface area contributed by atoms with Crippen molar-refractivity contribution in [3.8, 4) is 5.75 Å². The third-order valence-corrected chi connectivity index (χ3v) is 2.60. The van der Waals surface area contributed by atoms with Crippen molar-refractivity contribution < 1.29 is 23.1 Å². The summed E-state index contributed by atoms with van der Waals surface area (Å²) in [5.74, 6) is -2.04. The van der Waals surface area contributed by atoms with E-state index >= 15 is 0 Å². The van der Waals surface area contributed by atoms with Crippen molar-refractivity contribution in [3.63, 3.8) is 0 Å². The maximum Gasteiger partial charge on any atom is 0.190 e. The summed E-state index contributed by atoms with van der Waals surface area (Å²) in [5.41, 5.74) is 0. The van der Waals surface area contributed by atoms with E-state index in [2.05, 4.69) is 15.9 Å². The highest BCUT2D eigenvalue weighted by Crippen LogP contribution is 2.25. The van der Waals surface area contributed by atoms with Crippen LogP contribution in [0, 0.1) is 11.6 Å². The van der Waals surface area contributed by atoms with Crippen LogP contribution in [0.4, 0.5) is 8.78 Å². The number of aliphatic hydroxyl groups is 1. The van der Waals surface area contributed by atoms with E-state index in [1.165, 1.54) is 0 Å². The Bertz CT molecular complexity index is 398. The number of hydrogen-bond donors (Lipinski definition) is 1. The molecule has 0 aliphatic rings. The van der Waals surface area contributed by atoms with Gasteiger partial charge in [-0.15, -0.1) is 0 Å². The number of hydrogen-bond acceptors (Lipinski definition) is 2. The smallest absolute Gasteiger partial charge is 0.190 e. The van der Waals surface area contributed by atoms with Crippen molar-refractivity contribution >= 4 is 15.9 Å². The van der Waals surface area contributed by atoms with E-state index in [0.717, 1.165) is 12.1 Å². The van der Waals surface area contributed by atoms with Crippen LogP contribution < -0.4 is 4.74 Å². The lowest BCUT2D eigenvalue weighted by Gasteiger charge is -2.26. The summed E-state index contributed by atoms with van der Waals surface area (Å²) in [7, 11) is 5.72. The highest BCUT2D eigenvalue weighted by Gasteiger charge is 2.18. The number of quaternary nitrogens is 1. The van der Waals surface area contributed by atoms with Gasteiger partial charge in [0.15, 0.2) is 17.4 Å². The van der Waals surface area contributed by atoms with Crippen molar-refractivity contribution in [1.82, 2.24) is 0 Å². The second kappa shape index (κ2) is 5.95. The van der Waals surface area contributed by atoms with Crippen molar-refractivity contribution in [2.45, 2.75) is 6.10 Å². The molecule has 1 N–H and O–H groups in total. The van der Waals surface area contributed by atoms with Crippen LogP contribution in [0.2, 0.25) is 0 Å². The van der Waals surface area contributed by atoms with Crippen molar-refractivity contribution in [3.05, 3.63) is 28.2 Å². The minimum absolute atomic E-state index is 0.148. The molecule has 18 heavy (non-hydrogen) atoms. The second-order valence-electron chi connectivity index (χ2n) is 5.14. The summed E-state index contributed by atoms with van der Waals surface area (Å²) >= 11 is 2.98. The van der Waals surface area contributed by atoms with Crippen LogP contribution in [0.3, 0.4) is 0 Å². The molecule has 0 aliphatic heterocycles. The fraction of sp³-hybridized carbons (Fsp3) is 0.500. The van der Waals surface area contributed by atoms with E-state index < -0.39 is 23.5 Å². The Kier molecular flexibility index (Phi) is 5.07. The van der Waals surface area contributed by atoms with Gasteiger partial charge in [0.25, 0.3) is 0 Å². The van der Waals surface area contributed by atoms with E-state index in [1.54, 1.807) is 0 Å². The number of ether oxygens (including phenoxy) is 1. The molecule has 6 heteroatoms. The Morgan fingerprint density at radius 2 is 1.78 bits per heavy atom. The molecule has 0 amide bonds. The Morgan fingerprint density at radius 1 is 1.28 bits per heavy atom. The average Bonchev–Trinajstić information content (AvgIpc) is 2.12. The van der Waals surface area contributed by atoms with Gasteiger partial charge >= 0.3 is 0 Å². The Morgan fingerprint density at radius 3 is 2.22 bits per heavy atom. The van der Waals surface area contributed by atoms with Gasteiger partial charge in [0.05, 0.1) is 21.1 Å². The third kappa shape index (κ3) is 4.88. The first-order valence-electron chi connectivity index (χ1n) is 5.45. The van der Waals surface area contributed by atoms with Crippen molar-refractivity contribution in [2.75, 3.05) is 34.3 Å². The zero-order valence-corrected chi connectivity index (χ0v) is 12.2. The van der Waals surface area contributed by atoms with Crippen LogP contribution in [0.5, 0.6) is 5.75 Å². The normalized spacial score (nSPS) is 13.5. The predicted octanol–water partition coefficient (Wildman–Crippen LogP) is 2.17. The second-order valence-corrected chi connectivity index (χ2v) is 6.05. The quantitative estimate of drug-likeness (QED) is 0.841. The molecule has 0 radical (unpaired) electrons. The van der Waals surface area contributed by atoms with Crippen LogP contribution in [0.1, 0.15) is 0 Å². The topological polar surface area (TPSA) is 29.5 Å². The lowest BCUT2D eigenvalue weighted by molar-refractivity contribution is -0.873. The highest BCUT2D eigenvalue weighted by atomic mass is 79.9. The molecule has 0 saturated carbocycles. The fourth-order valence-electron chi connectivity index (χ4n) is 1.53. The van der Waals surface area contributed by atoms with Gasteiger partial charge in [-0.2, -0.15) is 0 Å². The van der Waals surface area contributed by atoms with Crippen molar-refractivity contribution in [2.24, 2.45) is 0 Å². The minimum Gasteiger partial charge on any atom is -0.485 e. The Hall–Kier alpha value is -0.720. The maximum atomic E-state index is 13.4. The van der Waals surface area contributed by atoms with Crippen LogP contribution >= 0.6 is 15.9 Å². The van der Waals surface area contributed by atoms with Gasteiger partial charge in [-0.05, 0) is 12.1 Å². The zero-order valence-electron chi connectivity index (χ0n) is 10.6. The number of rotatable bonds is 5. The van der Waals surface area contributed by atoms with Gasteiger partial charge in [0.2, 0.25) is 0 Å². The molecule has 102 valence electrons. The lowest BCUT2D eigenvalue weighted by Crippen LogP contribution is -2.43. The Balaban J connectivity index is 2.64. The van der Waals surface area contributed by atoms with Gasteiger partial charge < -0.3 is 14.3 Å². The monoisotopic (exact) mass is 324 g/mol. The molecule has 1 aromatic carbocycles. The summed E-state index contributed by atoms with van der Waals surface area (Å²) < 4.78 is 32.7. The molecule has 1 rings (SSSR count). The van der Waals surface area contributed by atoms with Crippen LogP contribution in [-0.2, 0) is 0 Å². The van der Waals surface area contributed by atoms with Gasteiger partial charge in [-0.25, -0.2) is 8.78 Å². The molecule has 0 fully saturated rings. The van der Waals surface area contributed by atoms with Crippen molar-refractivity contribution in [1.29, 1.82) is 0 Å². The van der Waals surface area contributed by atoms with Crippen LogP contribution in [0.25, 0.3) is 0 Å². The summed E-state index contributed by atoms with van der Waals surface area (Å²) in [6.45, 7) is 0.282. The molecule has 0 aliphatic carbocycles. The summed E-state index contributed by atoms with van der Waals surface area (Å²) in [6, 6.07) is 2.23. The van der Waals surface area contributed by atoms with E-state index in [4.69, 9.17) is 4.74 Å². The van der Waals surface area contributed by atoms with Gasteiger partial charge in [-0.3, -0.25) is 0 Å². The van der Waals surface area contributed by atoms with E-state index in [1.807, 2.05) is 21.1 Å². The summed E-state index contributed by atoms with van der Waals surface area (Å²) in [6.07, 6.45) is -0.785. The summed E-state index contributed by atoms with van der Waals surface area (Å²) in [5, 5.41) is 9.69. The molecule has 0 spiro atoms. The van der Waals surface area contributed by atoms with Gasteiger partial charge in [-0.1, -0.05) is 15.9 Å². The maximum absolute atomic E-state index is 13.4. The number of nitrogens with zero attached hydrogens (tertiary/aromatic N) is 1. The lowest BCUT2D eigenvalue weighted by atomic mass is 10.3. The predicted molar refractivity (Wildman–Crippen MR) is 68.5 cm³/mol. The molecule has 3 nitrogen and oxygen atoms in total. The van der Waals surface area contributed by atoms with E-state index in [-0.39, 0.29) is 6.61 Å². The molecule has 0 aromatic heterocycles. The van der Waals surface area contributed by atoms with E-state index in [9.17, 15) is 13.9 Å². The fourth-order valence-corrected chi connectivity index (χ4v) is 1.93. The molecule has 1 atom stereocenters. The number of aliphatic hydroxyl groups excluding tert-OH is 1. The molecule has 0 saturated heterocycles. The molecular weight excluding hydrogens is 308 g/mol. The summed E-state index contributed by atoms with van der Waals surface area (Å²) in [4.78, 5) is 0. The number of benzene rings is 1. The highest BCUT2D eigenvalue weighted by molar-refractivity contribution is 9.10. The molecule has 0 heterocycles. The van der Waals surface area contributed by atoms with E-state index in [0.29, 0.717) is 15.5 Å². The first kappa shape index (κ1) is 15.3. The Labute approximate surface area is 114 Å². The molecule has 1 aromatic rings. The van der Waals surface area contributed by atoms with Crippen LogP contribution in [-0.4, -0.2) is 50.0 Å². The van der Waals surface area contributed by atoms with Gasteiger partial charge in [0, 0.05) is 4.47 Å². The first-order valence-corrected chi connectivity index (χ1v) is 6.24. The first-order chi connectivity index (χ1) is 8.19.